The van der Waals surface area contributed by atoms with E-state index in [1.807, 2.05) is 0 Å². The van der Waals surface area contributed by atoms with Gasteiger partial charge >= 0.3 is 0 Å². The van der Waals surface area contributed by atoms with Gasteiger partial charge in [-0.2, -0.15) is 0 Å². The molecule has 1 fully saturated rings. The SMILES string of the molecule is OCC[C@H]1O[C@@H](O)[C@H](O)[C@@H](O)[C@H]1O. The molecule has 5 atom stereocenters. The third kappa shape index (κ3) is 2.16. The second-order valence-corrected chi connectivity index (χ2v) is 3.05. The molecule has 1 rings (SSSR count). The molecule has 1 heterocycles. The fourth-order valence-electron chi connectivity index (χ4n) is 1.30. The van der Waals surface area contributed by atoms with Gasteiger partial charge in [0.05, 0.1) is 6.10 Å². The standard InChI is InChI=1S/C7H14O6/c8-2-1-3-4(9)5(10)6(11)7(12)13-3/h3-12H,1-2H2/t3-,4+,5+,6-,7-/m1/s1. The zero-order valence-electron chi connectivity index (χ0n) is 6.95. The molecule has 0 bridgehead atoms. The van der Waals surface area contributed by atoms with E-state index in [1.165, 1.54) is 0 Å². The van der Waals surface area contributed by atoms with Gasteiger partial charge in [-0.15, -0.1) is 0 Å². The summed E-state index contributed by atoms with van der Waals surface area (Å²) in [4.78, 5) is 0. The average molecular weight is 194 g/mol. The van der Waals surface area contributed by atoms with Crippen molar-refractivity contribution in [1.29, 1.82) is 0 Å². The summed E-state index contributed by atoms with van der Waals surface area (Å²) in [5.41, 5.74) is 0. The number of rotatable bonds is 2. The van der Waals surface area contributed by atoms with Crippen LogP contribution >= 0.6 is 0 Å². The van der Waals surface area contributed by atoms with Gasteiger partial charge in [0.2, 0.25) is 0 Å². The van der Waals surface area contributed by atoms with Crippen molar-refractivity contribution in [2.24, 2.45) is 0 Å². The van der Waals surface area contributed by atoms with Gasteiger partial charge in [-0.3, -0.25) is 0 Å². The minimum Gasteiger partial charge on any atom is -0.396 e. The third-order valence-electron chi connectivity index (χ3n) is 2.10. The minimum atomic E-state index is -1.52. The molecule has 0 aromatic carbocycles. The van der Waals surface area contributed by atoms with E-state index in [0.717, 1.165) is 0 Å². The van der Waals surface area contributed by atoms with Crippen molar-refractivity contribution in [3.05, 3.63) is 0 Å². The number of ether oxygens (including phenoxy) is 1. The predicted molar refractivity (Wildman–Crippen MR) is 40.6 cm³/mol. The highest BCUT2D eigenvalue weighted by Crippen LogP contribution is 2.21. The molecule has 1 aliphatic rings. The summed E-state index contributed by atoms with van der Waals surface area (Å²) < 4.78 is 4.76. The maximum Gasteiger partial charge on any atom is 0.183 e. The van der Waals surface area contributed by atoms with Gasteiger partial charge < -0.3 is 30.3 Å². The highest BCUT2D eigenvalue weighted by molar-refractivity contribution is 4.88. The van der Waals surface area contributed by atoms with Crippen LogP contribution in [0.3, 0.4) is 0 Å². The smallest absolute Gasteiger partial charge is 0.183 e. The zero-order valence-corrected chi connectivity index (χ0v) is 6.95. The molecule has 0 spiro atoms. The van der Waals surface area contributed by atoms with Crippen LogP contribution < -0.4 is 0 Å². The molecule has 13 heavy (non-hydrogen) atoms. The molecule has 0 aromatic rings. The van der Waals surface area contributed by atoms with E-state index < -0.39 is 30.7 Å². The molecule has 1 aliphatic heterocycles. The van der Waals surface area contributed by atoms with Crippen LogP contribution in [0.2, 0.25) is 0 Å². The highest BCUT2D eigenvalue weighted by atomic mass is 16.6. The van der Waals surface area contributed by atoms with E-state index in [-0.39, 0.29) is 13.0 Å². The van der Waals surface area contributed by atoms with E-state index >= 15 is 0 Å². The Labute approximate surface area is 75.0 Å². The number of hydrogen-bond acceptors (Lipinski definition) is 6. The Morgan fingerprint density at radius 3 is 2.08 bits per heavy atom. The van der Waals surface area contributed by atoms with Crippen LogP contribution in [0.1, 0.15) is 6.42 Å². The average Bonchev–Trinajstić information content (AvgIpc) is 2.11. The first kappa shape index (κ1) is 10.8. The summed E-state index contributed by atoms with van der Waals surface area (Å²) in [6.45, 7) is -0.225. The topological polar surface area (TPSA) is 110 Å². The molecule has 0 saturated carbocycles. The van der Waals surface area contributed by atoms with Gasteiger partial charge in [0.25, 0.3) is 0 Å². The molecule has 78 valence electrons. The maximum absolute atomic E-state index is 9.30. The van der Waals surface area contributed by atoms with Gasteiger partial charge in [-0.05, 0) is 6.42 Å². The lowest BCUT2D eigenvalue weighted by Crippen LogP contribution is -2.57. The van der Waals surface area contributed by atoms with Gasteiger partial charge in [-0.1, -0.05) is 0 Å². The van der Waals surface area contributed by atoms with E-state index in [0.29, 0.717) is 0 Å². The fourth-order valence-corrected chi connectivity index (χ4v) is 1.30. The first-order valence-corrected chi connectivity index (χ1v) is 4.06. The Morgan fingerprint density at radius 1 is 0.923 bits per heavy atom. The third-order valence-corrected chi connectivity index (χ3v) is 2.10. The summed E-state index contributed by atoms with van der Waals surface area (Å²) >= 11 is 0. The van der Waals surface area contributed by atoms with Crippen LogP contribution in [-0.4, -0.2) is 62.8 Å². The first-order chi connectivity index (χ1) is 6.07. The fraction of sp³-hybridized carbons (Fsp3) is 1.00. The molecule has 0 radical (unpaired) electrons. The van der Waals surface area contributed by atoms with E-state index in [1.54, 1.807) is 0 Å². The summed E-state index contributed by atoms with van der Waals surface area (Å²) in [5, 5.41) is 45.1. The molecule has 1 saturated heterocycles. The maximum atomic E-state index is 9.30. The molecular formula is C7H14O6. The van der Waals surface area contributed by atoms with Crippen LogP contribution in [0, 0.1) is 0 Å². The van der Waals surface area contributed by atoms with Gasteiger partial charge in [0.15, 0.2) is 6.29 Å². The second kappa shape index (κ2) is 4.32. The van der Waals surface area contributed by atoms with Crippen LogP contribution in [0.5, 0.6) is 0 Å². The quantitative estimate of drug-likeness (QED) is 0.324. The predicted octanol–water partition coefficient (Wildman–Crippen LogP) is -2.83. The van der Waals surface area contributed by atoms with Gasteiger partial charge in [-0.25, -0.2) is 0 Å². The molecule has 6 heteroatoms. The van der Waals surface area contributed by atoms with Crippen molar-refractivity contribution < 1.29 is 30.3 Å². The van der Waals surface area contributed by atoms with Crippen LogP contribution in [0.25, 0.3) is 0 Å². The summed E-state index contributed by atoms with van der Waals surface area (Å²) in [7, 11) is 0. The number of aliphatic hydroxyl groups excluding tert-OH is 5. The van der Waals surface area contributed by atoms with Crippen LogP contribution in [0.4, 0.5) is 0 Å². The molecule has 6 nitrogen and oxygen atoms in total. The molecule has 0 aromatic heterocycles. The van der Waals surface area contributed by atoms with Crippen LogP contribution in [-0.2, 0) is 4.74 Å². The van der Waals surface area contributed by atoms with Crippen molar-refractivity contribution in [3.8, 4) is 0 Å². The molecule has 5 N–H and O–H groups in total. The Hall–Kier alpha value is -0.240. The van der Waals surface area contributed by atoms with E-state index in [9.17, 15) is 10.2 Å². The molecule has 0 unspecified atom stereocenters. The summed E-state index contributed by atoms with van der Waals surface area (Å²) in [5.74, 6) is 0. The van der Waals surface area contributed by atoms with Crippen molar-refractivity contribution in [2.75, 3.05) is 6.61 Å². The molecule has 0 aliphatic carbocycles. The van der Waals surface area contributed by atoms with Crippen molar-refractivity contribution in [2.45, 2.75) is 37.1 Å². The summed E-state index contributed by atoms with van der Waals surface area (Å²) in [6.07, 6.45) is -6.51. The lowest BCUT2D eigenvalue weighted by atomic mass is 9.97. The second-order valence-electron chi connectivity index (χ2n) is 3.05. The van der Waals surface area contributed by atoms with Crippen molar-refractivity contribution in [3.63, 3.8) is 0 Å². The Balaban J connectivity index is 2.59. The van der Waals surface area contributed by atoms with Crippen molar-refractivity contribution >= 4 is 0 Å². The largest absolute Gasteiger partial charge is 0.396 e. The minimum absolute atomic E-state index is 0.0992. The Kier molecular flexibility index (Phi) is 3.60. The first-order valence-electron chi connectivity index (χ1n) is 4.06. The normalized spacial score (nSPS) is 46.4. The van der Waals surface area contributed by atoms with Crippen molar-refractivity contribution in [1.82, 2.24) is 0 Å². The van der Waals surface area contributed by atoms with E-state index in [2.05, 4.69) is 0 Å². The zero-order chi connectivity index (χ0) is 10.0. The van der Waals surface area contributed by atoms with Gasteiger partial charge in [0, 0.05) is 6.61 Å². The molecule has 0 amide bonds. The summed E-state index contributed by atoms with van der Waals surface area (Å²) in [6, 6.07) is 0. The van der Waals surface area contributed by atoms with Crippen LogP contribution in [0.15, 0.2) is 0 Å². The van der Waals surface area contributed by atoms with E-state index in [4.69, 9.17) is 20.1 Å². The number of hydrogen-bond donors (Lipinski definition) is 5. The monoisotopic (exact) mass is 194 g/mol. The lowest BCUT2D eigenvalue weighted by Gasteiger charge is -2.38. The Bertz CT molecular complexity index is 163. The highest BCUT2D eigenvalue weighted by Gasteiger charge is 2.42. The number of aliphatic hydroxyl groups is 5. The lowest BCUT2D eigenvalue weighted by molar-refractivity contribution is -0.283. The van der Waals surface area contributed by atoms with Gasteiger partial charge in [0.1, 0.15) is 18.3 Å². The Morgan fingerprint density at radius 2 is 1.54 bits per heavy atom. The molecular weight excluding hydrogens is 180 g/mol.